The van der Waals surface area contributed by atoms with E-state index in [4.69, 9.17) is 0 Å². The van der Waals surface area contributed by atoms with Crippen LogP contribution in [0.3, 0.4) is 0 Å². The first-order chi connectivity index (χ1) is 3.31. The van der Waals surface area contributed by atoms with E-state index in [1.807, 2.05) is 26.0 Å². The van der Waals surface area contributed by atoms with Gasteiger partial charge in [-0.15, -0.1) is 0 Å². The fourth-order valence-electron chi connectivity index (χ4n) is 0.316. The summed E-state index contributed by atoms with van der Waals surface area (Å²) in [4.78, 5) is 3.91. The molecule has 0 saturated carbocycles. The fraction of sp³-hybridized carbons (Fsp3) is 0.500. The van der Waals surface area contributed by atoms with Crippen LogP contribution in [-0.2, 0) is 0 Å². The Labute approximate surface area is 44.8 Å². The number of allylic oxidation sites excluding steroid dienone is 2. The van der Waals surface area contributed by atoms with Crippen LogP contribution >= 0.6 is 0 Å². The summed E-state index contributed by atoms with van der Waals surface area (Å²) in [6.07, 6.45) is 3.95. The van der Waals surface area contributed by atoms with Crippen LogP contribution in [0.2, 0.25) is 0 Å². The van der Waals surface area contributed by atoms with Crippen LogP contribution in [0.25, 0.3) is 0 Å². The molecule has 0 unspecified atom stereocenters. The van der Waals surface area contributed by atoms with Crippen LogP contribution in [-0.4, -0.2) is 12.8 Å². The van der Waals surface area contributed by atoms with Gasteiger partial charge in [-0.25, -0.2) is 0 Å². The van der Waals surface area contributed by atoms with E-state index >= 15 is 0 Å². The summed E-state index contributed by atoms with van der Waals surface area (Å²) in [5.74, 6) is 0. The Balaban J connectivity index is 3.58. The Morgan fingerprint density at radius 1 is 1.57 bits per heavy atom. The average Bonchev–Trinajstić information content (AvgIpc) is 1.68. The van der Waals surface area contributed by atoms with Crippen molar-refractivity contribution in [2.75, 3.05) is 7.05 Å². The predicted octanol–water partition coefficient (Wildman–Crippen LogP) is 1.65. The summed E-state index contributed by atoms with van der Waals surface area (Å²) in [7, 11) is 1.79. The summed E-state index contributed by atoms with van der Waals surface area (Å²) in [6.45, 7) is 3.95. The molecule has 0 saturated heterocycles. The highest BCUT2D eigenvalue weighted by molar-refractivity contribution is 5.92. The molecule has 0 bridgehead atoms. The highest BCUT2D eigenvalue weighted by Crippen LogP contribution is 1.75. The normalized spacial score (nSPS) is 13.3. The van der Waals surface area contributed by atoms with E-state index < -0.39 is 0 Å². The van der Waals surface area contributed by atoms with Crippen molar-refractivity contribution in [2.24, 2.45) is 4.99 Å². The number of rotatable bonds is 1. The van der Waals surface area contributed by atoms with E-state index in [2.05, 4.69) is 4.99 Å². The fourth-order valence-corrected chi connectivity index (χ4v) is 0.316. The van der Waals surface area contributed by atoms with Crippen molar-refractivity contribution in [3.63, 3.8) is 0 Å². The van der Waals surface area contributed by atoms with Crippen molar-refractivity contribution in [3.8, 4) is 0 Å². The van der Waals surface area contributed by atoms with Gasteiger partial charge in [0, 0.05) is 12.8 Å². The van der Waals surface area contributed by atoms with Crippen LogP contribution in [0.4, 0.5) is 0 Å². The van der Waals surface area contributed by atoms with Crippen LogP contribution < -0.4 is 0 Å². The van der Waals surface area contributed by atoms with Gasteiger partial charge in [0.25, 0.3) is 0 Å². The van der Waals surface area contributed by atoms with E-state index in [0.717, 1.165) is 5.71 Å². The number of aliphatic imine (C=N–C) groups is 1. The van der Waals surface area contributed by atoms with Gasteiger partial charge < -0.3 is 0 Å². The van der Waals surface area contributed by atoms with E-state index in [9.17, 15) is 0 Å². The first-order valence-electron chi connectivity index (χ1n) is 2.37. The molecule has 0 atom stereocenters. The molecule has 0 spiro atoms. The van der Waals surface area contributed by atoms with E-state index in [0.29, 0.717) is 0 Å². The van der Waals surface area contributed by atoms with Crippen LogP contribution in [0.15, 0.2) is 17.1 Å². The number of hydrogen-bond acceptors (Lipinski definition) is 1. The van der Waals surface area contributed by atoms with Crippen molar-refractivity contribution in [3.05, 3.63) is 12.2 Å². The molecular weight excluding hydrogens is 86.1 g/mol. The molecule has 1 nitrogen and oxygen atoms in total. The second-order valence-corrected chi connectivity index (χ2v) is 1.36. The summed E-state index contributed by atoms with van der Waals surface area (Å²) < 4.78 is 0. The lowest BCUT2D eigenvalue weighted by molar-refractivity contribution is 1.43. The Hall–Kier alpha value is -0.590. The molecule has 40 valence electrons. The summed E-state index contributed by atoms with van der Waals surface area (Å²) in [6, 6.07) is 0. The lowest BCUT2D eigenvalue weighted by Crippen LogP contribution is -1.79. The molecule has 0 N–H and O–H groups in total. The van der Waals surface area contributed by atoms with Crippen LogP contribution in [0.1, 0.15) is 13.8 Å². The maximum Gasteiger partial charge on any atom is 0.0310 e. The first-order valence-corrected chi connectivity index (χ1v) is 2.37. The van der Waals surface area contributed by atoms with Crippen molar-refractivity contribution >= 4 is 5.71 Å². The van der Waals surface area contributed by atoms with Crippen molar-refractivity contribution in [1.82, 2.24) is 0 Å². The predicted molar refractivity (Wildman–Crippen MR) is 33.8 cm³/mol. The quantitative estimate of drug-likeness (QED) is 0.441. The third-order valence-corrected chi connectivity index (χ3v) is 0.761. The lowest BCUT2D eigenvalue weighted by Gasteiger charge is -1.80. The molecule has 0 aliphatic rings. The van der Waals surface area contributed by atoms with Gasteiger partial charge in [0.1, 0.15) is 0 Å². The van der Waals surface area contributed by atoms with Crippen molar-refractivity contribution < 1.29 is 0 Å². The van der Waals surface area contributed by atoms with E-state index in [1.165, 1.54) is 0 Å². The van der Waals surface area contributed by atoms with E-state index in [-0.39, 0.29) is 0 Å². The minimum Gasteiger partial charge on any atom is -0.293 e. The van der Waals surface area contributed by atoms with Crippen LogP contribution in [0.5, 0.6) is 0 Å². The van der Waals surface area contributed by atoms with Gasteiger partial charge in [-0.3, -0.25) is 4.99 Å². The molecule has 0 aromatic rings. The van der Waals surface area contributed by atoms with Gasteiger partial charge in [0.05, 0.1) is 0 Å². The number of nitrogens with zero attached hydrogens (tertiary/aromatic N) is 1. The zero-order valence-electron chi connectivity index (χ0n) is 5.10. The third kappa shape index (κ3) is 3.23. The SMILES string of the molecule is C/C=C\C(C)=N/C. The molecule has 0 fully saturated rings. The van der Waals surface area contributed by atoms with Gasteiger partial charge in [0.2, 0.25) is 0 Å². The highest BCUT2D eigenvalue weighted by atomic mass is 14.7. The second-order valence-electron chi connectivity index (χ2n) is 1.36. The second kappa shape index (κ2) is 3.59. The van der Waals surface area contributed by atoms with Gasteiger partial charge in [0.15, 0.2) is 0 Å². The van der Waals surface area contributed by atoms with Crippen molar-refractivity contribution in [1.29, 1.82) is 0 Å². The minimum atomic E-state index is 1.07. The summed E-state index contributed by atoms with van der Waals surface area (Å²) >= 11 is 0. The summed E-state index contributed by atoms with van der Waals surface area (Å²) in [5.41, 5.74) is 1.07. The summed E-state index contributed by atoms with van der Waals surface area (Å²) in [5, 5.41) is 0. The largest absolute Gasteiger partial charge is 0.293 e. The van der Waals surface area contributed by atoms with Gasteiger partial charge in [-0.1, -0.05) is 6.08 Å². The molecular formula is C6H11N. The standard InChI is InChI=1S/C6H11N/c1-4-5-6(2)7-3/h4-5H,1-3H3/b5-4-,7-6-. The minimum absolute atomic E-state index is 1.07. The Bertz CT molecular complexity index is 90.4. The molecule has 0 aliphatic heterocycles. The monoisotopic (exact) mass is 97.1 g/mol. The molecule has 7 heavy (non-hydrogen) atoms. The average molecular weight is 97.2 g/mol. The van der Waals surface area contributed by atoms with Crippen molar-refractivity contribution in [2.45, 2.75) is 13.8 Å². The zero-order valence-corrected chi connectivity index (χ0v) is 5.10. The topological polar surface area (TPSA) is 12.4 Å². The molecule has 0 aromatic carbocycles. The molecule has 0 aliphatic carbocycles. The number of hydrogen-bond donors (Lipinski definition) is 0. The Morgan fingerprint density at radius 3 is 2.29 bits per heavy atom. The van der Waals surface area contributed by atoms with Gasteiger partial charge >= 0.3 is 0 Å². The molecule has 0 aromatic heterocycles. The first kappa shape index (κ1) is 6.41. The molecule has 1 heteroatoms. The van der Waals surface area contributed by atoms with Gasteiger partial charge in [-0.05, 0) is 19.9 Å². The third-order valence-electron chi connectivity index (χ3n) is 0.761. The molecule has 0 radical (unpaired) electrons. The Morgan fingerprint density at radius 2 is 2.14 bits per heavy atom. The maximum absolute atomic E-state index is 3.91. The molecule has 0 heterocycles. The highest BCUT2D eigenvalue weighted by Gasteiger charge is 1.71. The zero-order chi connectivity index (χ0) is 5.70. The Kier molecular flexibility index (Phi) is 3.29. The molecule has 0 rings (SSSR count). The smallest absolute Gasteiger partial charge is 0.0310 e. The van der Waals surface area contributed by atoms with Crippen LogP contribution in [0, 0.1) is 0 Å². The maximum atomic E-state index is 3.91. The lowest BCUT2D eigenvalue weighted by atomic mass is 10.4. The molecule has 0 amide bonds. The van der Waals surface area contributed by atoms with E-state index in [1.54, 1.807) is 7.05 Å². The van der Waals surface area contributed by atoms with Gasteiger partial charge in [-0.2, -0.15) is 0 Å².